The smallest absolute Gasteiger partial charge is 0.354 e. The van der Waals surface area contributed by atoms with Crippen LogP contribution in [0.3, 0.4) is 0 Å². The largest absolute Gasteiger partial charge is 0.464 e. The van der Waals surface area contributed by atoms with Gasteiger partial charge in [-0.2, -0.15) is 0 Å². The first-order valence-electron chi connectivity index (χ1n) is 7.63. The molecule has 0 spiro atoms. The fraction of sp³-hybridized carbons (Fsp3) is 0.353. The molecule has 3 rings (SSSR count). The van der Waals surface area contributed by atoms with E-state index >= 15 is 0 Å². The van der Waals surface area contributed by atoms with Crippen LogP contribution in [-0.2, 0) is 11.3 Å². The fourth-order valence-corrected chi connectivity index (χ4v) is 2.97. The summed E-state index contributed by atoms with van der Waals surface area (Å²) in [6.45, 7) is 3.22. The van der Waals surface area contributed by atoms with E-state index in [-0.39, 0.29) is 17.8 Å². The number of hydrogen-bond acceptors (Lipinski definition) is 4. The van der Waals surface area contributed by atoms with Gasteiger partial charge < -0.3 is 15.0 Å². The minimum absolute atomic E-state index is 0.107. The Kier molecular flexibility index (Phi) is 4.73. The maximum absolute atomic E-state index is 13.5. The second-order valence-electron chi connectivity index (χ2n) is 5.66. The van der Waals surface area contributed by atoms with Crippen molar-refractivity contribution >= 4 is 5.97 Å². The maximum atomic E-state index is 13.5. The van der Waals surface area contributed by atoms with Crippen molar-refractivity contribution in [3.05, 3.63) is 59.2 Å². The lowest BCUT2D eigenvalue weighted by molar-refractivity contribution is 0.0594. The summed E-state index contributed by atoms with van der Waals surface area (Å²) in [4.78, 5) is 16.7. The Balaban J connectivity index is 1.76. The molecule has 2 aromatic rings. The predicted molar refractivity (Wildman–Crippen MR) is 84.6 cm³/mol. The summed E-state index contributed by atoms with van der Waals surface area (Å²) in [7, 11) is 1.36. The quantitative estimate of drug-likeness (QED) is 0.848. The molecule has 5 nitrogen and oxygen atoms in total. The number of benzene rings is 1. The summed E-state index contributed by atoms with van der Waals surface area (Å²) in [5, 5.41) is 3.36. The molecule has 2 heterocycles. The van der Waals surface area contributed by atoms with E-state index in [1.165, 1.54) is 13.2 Å². The van der Waals surface area contributed by atoms with Gasteiger partial charge in [-0.05, 0) is 29.3 Å². The summed E-state index contributed by atoms with van der Waals surface area (Å²) >= 11 is 0. The van der Waals surface area contributed by atoms with Crippen molar-refractivity contribution in [3.63, 3.8) is 0 Å². The number of aromatic nitrogens is 1. The zero-order valence-electron chi connectivity index (χ0n) is 13.0. The van der Waals surface area contributed by atoms with E-state index in [0.717, 1.165) is 30.8 Å². The first-order chi connectivity index (χ1) is 11.2. The Morgan fingerprint density at radius 2 is 2.30 bits per heavy atom. The van der Waals surface area contributed by atoms with Gasteiger partial charge in [0.15, 0.2) is 0 Å². The number of methoxy groups -OCH3 is 1. The molecule has 0 bridgehead atoms. The van der Waals surface area contributed by atoms with Crippen LogP contribution in [0.1, 0.15) is 27.7 Å². The normalized spacial score (nSPS) is 18.8. The van der Waals surface area contributed by atoms with Gasteiger partial charge in [-0.1, -0.05) is 12.1 Å². The van der Waals surface area contributed by atoms with Crippen molar-refractivity contribution in [2.75, 3.05) is 26.7 Å². The number of esters is 1. The number of halogens is 1. The number of carbonyl (C=O) groups is 1. The predicted octanol–water partition coefficient (Wildman–Crippen LogP) is 2.09. The van der Waals surface area contributed by atoms with Crippen molar-refractivity contribution in [2.45, 2.75) is 12.6 Å². The van der Waals surface area contributed by atoms with Gasteiger partial charge in [0.1, 0.15) is 11.5 Å². The Morgan fingerprint density at radius 1 is 1.43 bits per heavy atom. The average Bonchev–Trinajstić information content (AvgIpc) is 3.03. The van der Waals surface area contributed by atoms with Crippen molar-refractivity contribution in [1.82, 2.24) is 15.2 Å². The zero-order valence-corrected chi connectivity index (χ0v) is 13.0. The van der Waals surface area contributed by atoms with Crippen molar-refractivity contribution in [1.29, 1.82) is 0 Å². The minimum atomic E-state index is -0.377. The lowest BCUT2D eigenvalue weighted by Crippen LogP contribution is -2.45. The Morgan fingerprint density at radius 3 is 3.09 bits per heavy atom. The number of H-pyrrole nitrogens is 1. The lowest BCUT2D eigenvalue weighted by atomic mass is 10.0. The van der Waals surface area contributed by atoms with Gasteiger partial charge in [-0.15, -0.1) is 0 Å². The van der Waals surface area contributed by atoms with Crippen LogP contribution < -0.4 is 5.32 Å². The molecule has 6 heteroatoms. The molecule has 0 saturated carbocycles. The highest BCUT2D eigenvalue weighted by Crippen LogP contribution is 2.25. The summed E-state index contributed by atoms with van der Waals surface area (Å²) in [5.41, 5.74) is 2.41. The van der Waals surface area contributed by atoms with Gasteiger partial charge in [0, 0.05) is 38.4 Å². The van der Waals surface area contributed by atoms with Crippen LogP contribution in [0.2, 0.25) is 0 Å². The monoisotopic (exact) mass is 317 g/mol. The number of nitrogens with one attached hydrogen (secondary N) is 2. The summed E-state index contributed by atoms with van der Waals surface area (Å²) < 4.78 is 18.2. The molecule has 122 valence electrons. The highest BCUT2D eigenvalue weighted by molar-refractivity contribution is 5.87. The molecular formula is C17H20FN3O2. The van der Waals surface area contributed by atoms with Gasteiger partial charge >= 0.3 is 5.97 Å². The van der Waals surface area contributed by atoms with Gasteiger partial charge in [0.05, 0.1) is 7.11 Å². The molecule has 1 saturated heterocycles. The molecule has 0 amide bonds. The molecule has 1 aliphatic rings. The third-order valence-corrected chi connectivity index (χ3v) is 4.12. The molecule has 2 N–H and O–H groups in total. The number of piperazine rings is 1. The number of aromatic amines is 1. The number of hydrogen-bond donors (Lipinski definition) is 2. The van der Waals surface area contributed by atoms with Gasteiger partial charge in [-0.3, -0.25) is 4.90 Å². The van der Waals surface area contributed by atoms with Gasteiger partial charge in [0.2, 0.25) is 0 Å². The number of carbonyl (C=O) groups excluding carboxylic acids is 1. The summed E-state index contributed by atoms with van der Waals surface area (Å²) in [6.07, 6.45) is 1.82. The average molecular weight is 317 g/mol. The van der Waals surface area contributed by atoms with Crippen molar-refractivity contribution in [2.24, 2.45) is 0 Å². The second-order valence-corrected chi connectivity index (χ2v) is 5.66. The standard InChI is InChI=1S/C17H20FN3O2/c1-23-17(22)15-7-12(9-20-15)11-21-6-5-19-10-16(21)13-3-2-4-14(18)8-13/h2-4,7-9,16,19-20H,5-6,10-11H2,1H3. The number of rotatable bonds is 4. The number of ether oxygens (including phenoxy) is 1. The molecule has 1 atom stereocenters. The zero-order chi connectivity index (χ0) is 16.2. The van der Waals surface area contributed by atoms with Crippen LogP contribution in [0.15, 0.2) is 36.5 Å². The highest BCUT2D eigenvalue weighted by atomic mass is 19.1. The molecule has 23 heavy (non-hydrogen) atoms. The minimum Gasteiger partial charge on any atom is -0.464 e. The Hall–Kier alpha value is -2.18. The van der Waals surface area contributed by atoms with Crippen LogP contribution in [-0.4, -0.2) is 42.6 Å². The molecule has 0 radical (unpaired) electrons. The topological polar surface area (TPSA) is 57.4 Å². The molecule has 1 fully saturated rings. The van der Waals surface area contributed by atoms with Gasteiger partial charge in [-0.25, -0.2) is 9.18 Å². The summed E-state index contributed by atoms with van der Waals surface area (Å²) in [5.74, 6) is -0.596. The third kappa shape index (κ3) is 3.60. The van der Waals surface area contributed by atoms with E-state index in [9.17, 15) is 9.18 Å². The van der Waals surface area contributed by atoms with Crippen LogP contribution in [0.5, 0.6) is 0 Å². The van der Waals surface area contributed by atoms with E-state index in [1.54, 1.807) is 18.2 Å². The first kappa shape index (κ1) is 15.7. The van der Waals surface area contributed by atoms with E-state index in [1.807, 2.05) is 12.3 Å². The molecule has 1 aromatic heterocycles. The first-order valence-corrected chi connectivity index (χ1v) is 7.63. The Bertz CT molecular complexity index is 686. The van der Waals surface area contributed by atoms with Crippen LogP contribution >= 0.6 is 0 Å². The lowest BCUT2D eigenvalue weighted by Gasteiger charge is -2.36. The second kappa shape index (κ2) is 6.93. The van der Waals surface area contributed by atoms with Crippen molar-refractivity contribution in [3.8, 4) is 0 Å². The van der Waals surface area contributed by atoms with Crippen LogP contribution in [0, 0.1) is 5.82 Å². The molecule has 1 aromatic carbocycles. The van der Waals surface area contributed by atoms with Gasteiger partial charge in [0.25, 0.3) is 0 Å². The molecule has 1 aliphatic heterocycles. The molecule has 0 aliphatic carbocycles. The SMILES string of the molecule is COC(=O)c1cc(CN2CCNCC2c2cccc(F)c2)c[nH]1. The van der Waals surface area contributed by atoms with E-state index in [0.29, 0.717) is 12.2 Å². The van der Waals surface area contributed by atoms with Crippen LogP contribution in [0.25, 0.3) is 0 Å². The number of nitrogens with zero attached hydrogens (tertiary/aromatic N) is 1. The summed E-state index contributed by atoms with van der Waals surface area (Å²) in [6, 6.07) is 8.64. The molecule has 1 unspecified atom stereocenters. The highest BCUT2D eigenvalue weighted by Gasteiger charge is 2.24. The Labute approximate surface area is 134 Å². The van der Waals surface area contributed by atoms with E-state index in [4.69, 9.17) is 4.74 Å². The van der Waals surface area contributed by atoms with E-state index < -0.39 is 0 Å². The third-order valence-electron chi connectivity index (χ3n) is 4.12. The van der Waals surface area contributed by atoms with Crippen LogP contribution in [0.4, 0.5) is 4.39 Å². The van der Waals surface area contributed by atoms with Crippen molar-refractivity contribution < 1.29 is 13.9 Å². The van der Waals surface area contributed by atoms with E-state index in [2.05, 4.69) is 15.2 Å². The fourth-order valence-electron chi connectivity index (χ4n) is 2.97. The molecular weight excluding hydrogens is 297 g/mol. The maximum Gasteiger partial charge on any atom is 0.354 e.